The first kappa shape index (κ1) is 14.1. The number of hydrogen-bond acceptors (Lipinski definition) is 2. The fraction of sp³-hybridized carbons (Fsp3) is 0.529. The average molecular weight is 286 g/mol. The maximum absolute atomic E-state index is 12.9. The predicted molar refractivity (Wildman–Crippen MR) is 82.0 cm³/mol. The summed E-state index contributed by atoms with van der Waals surface area (Å²) in [6, 6.07) is 7.23. The monoisotopic (exact) mass is 286 g/mol. The summed E-state index contributed by atoms with van der Waals surface area (Å²) in [6.07, 6.45) is 1.71. The summed E-state index contributed by atoms with van der Waals surface area (Å²) in [6.45, 7) is 6.75. The van der Waals surface area contributed by atoms with Crippen molar-refractivity contribution in [3.8, 4) is 0 Å². The van der Waals surface area contributed by atoms with Crippen LogP contribution in [0.3, 0.4) is 0 Å². The standard InChI is InChI=1S/C17H22N2O2/c1-11(2)15-17(21)18-9-5-8-14(18)16(20)19(15)13-7-4-6-12(3)10-13/h4,6-7,10-11,14-15H,5,8-9H2,1-3H3. The first-order valence-electron chi connectivity index (χ1n) is 7.71. The molecular formula is C17H22N2O2. The Balaban J connectivity index is 2.06. The molecule has 0 bridgehead atoms. The molecule has 2 saturated heterocycles. The Kier molecular flexibility index (Phi) is 3.47. The number of amides is 2. The number of fused-ring (bicyclic) bond motifs is 1. The molecule has 0 N–H and O–H groups in total. The van der Waals surface area contributed by atoms with Crippen molar-refractivity contribution < 1.29 is 9.59 Å². The lowest BCUT2D eigenvalue weighted by Crippen LogP contribution is -2.64. The quantitative estimate of drug-likeness (QED) is 0.837. The molecule has 2 aliphatic heterocycles. The number of rotatable bonds is 2. The molecule has 2 heterocycles. The van der Waals surface area contributed by atoms with Crippen molar-refractivity contribution in [3.05, 3.63) is 29.8 Å². The smallest absolute Gasteiger partial charge is 0.250 e. The van der Waals surface area contributed by atoms with Gasteiger partial charge in [0, 0.05) is 12.2 Å². The van der Waals surface area contributed by atoms with Crippen molar-refractivity contribution in [1.29, 1.82) is 0 Å². The largest absolute Gasteiger partial charge is 0.329 e. The SMILES string of the molecule is Cc1cccc(N2C(=O)C3CCCN3C(=O)C2C(C)C)c1. The van der Waals surface area contributed by atoms with Crippen molar-refractivity contribution in [3.63, 3.8) is 0 Å². The number of benzene rings is 1. The first-order chi connectivity index (χ1) is 10.0. The Bertz CT molecular complexity index is 582. The second kappa shape index (κ2) is 5.17. The van der Waals surface area contributed by atoms with E-state index in [-0.39, 0.29) is 29.8 Å². The molecule has 0 spiro atoms. The molecule has 1 aromatic carbocycles. The molecule has 2 atom stereocenters. The molecular weight excluding hydrogens is 264 g/mol. The van der Waals surface area contributed by atoms with Gasteiger partial charge in [-0.25, -0.2) is 0 Å². The van der Waals surface area contributed by atoms with Gasteiger partial charge in [0.05, 0.1) is 0 Å². The molecule has 2 amide bonds. The van der Waals surface area contributed by atoms with Gasteiger partial charge in [-0.2, -0.15) is 0 Å². The van der Waals surface area contributed by atoms with Crippen LogP contribution in [-0.4, -0.2) is 35.3 Å². The van der Waals surface area contributed by atoms with Crippen molar-refractivity contribution in [2.45, 2.75) is 45.7 Å². The summed E-state index contributed by atoms with van der Waals surface area (Å²) in [5.74, 6) is 0.286. The molecule has 3 rings (SSSR count). The number of carbonyl (C=O) groups excluding carboxylic acids is 2. The van der Waals surface area contributed by atoms with Gasteiger partial charge in [-0.15, -0.1) is 0 Å². The Labute approximate surface area is 125 Å². The van der Waals surface area contributed by atoms with E-state index >= 15 is 0 Å². The van der Waals surface area contributed by atoms with E-state index in [0.29, 0.717) is 0 Å². The fourth-order valence-electron chi connectivity index (χ4n) is 3.51. The molecule has 21 heavy (non-hydrogen) atoms. The van der Waals surface area contributed by atoms with Crippen molar-refractivity contribution in [2.24, 2.45) is 5.92 Å². The van der Waals surface area contributed by atoms with Crippen LogP contribution in [0, 0.1) is 12.8 Å². The van der Waals surface area contributed by atoms with Crippen LogP contribution in [0.2, 0.25) is 0 Å². The van der Waals surface area contributed by atoms with E-state index in [2.05, 4.69) is 0 Å². The third kappa shape index (κ3) is 2.23. The van der Waals surface area contributed by atoms with Gasteiger partial charge in [0.1, 0.15) is 12.1 Å². The van der Waals surface area contributed by atoms with E-state index in [1.54, 1.807) is 9.80 Å². The van der Waals surface area contributed by atoms with Crippen LogP contribution >= 0.6 is 0 Å². The summed E-state index contributed by atoms with van der Waals surface area (Å²) in [5, 5.41) is 0. The van der Waals surface area contributed by atoms with Gasteiger partial charge >= 0.3 is 0 Å². The molecule has 112 valence electrons. The van der Waals surface area contributed by atoms with Crippen LogP contribution in [-0.2, 0) is 9.59 Å². The number of piperazine rings is 1. The van der Waals surface area contributed by atoms with E-state index in [9.17, 15) is 9.59 Å². The third-order valence-corrected chi connectivity index (χ3v) is 4.50. The van der Waals surface area contributed by atoms with Gasteiger partial charge in [0.15, 0.2) is 0 Å². The molecule has 4 nitrogen and oxygen atoms in total. The van der Waals surface area contributed by atoms with Gasteiger partial charge in [0.2, 0.25) is 5.91 Å². The predicted octanol–water partition coefficient (Wildman–Crippen LogP) is 2.36. The number of nitrogens with zero attached hydrogens (tertiary/aromatic N) is 2. The molecule has 4 heteroatoms. The van der Waals surface area contributed by atoms with Crippen LogP contribution in [0.15, 0.2) is 24.3 Å². The van der Waals surface area contributed by atoms with Gasteiger partial charge in [0.25, 0.3) is 5.91 Å². The van der Waals surface area contributed by atoms with Crippen LogP contribution in [0.1, 0.15) is 32.3 Å². The minimum absolute atomic E-state index is 0.0800. The van der Waals surface area contributed by atoms with Crippen molar-refractivity contribution in [1.82, 2.24) is 4.90 Å². The zero-order chi connectivity index (χ0) is 15.1. The zero-order valence-corrected chi connectivity index (χ0v) is 12.9. The maximum Gasteiger partial charge on any atom is 0.250 e. The Morgan fingerprint density at radius 3 is 2.62 bits per heavy atom. The highest BCUT2D eigenvalue weighted by molar-refractivity contribution is 6.08. The zero-order valence-electron chi connectivity index (χ0n) is 12.9. The fourth-order valence-corrected chi connectivity index (χ4v) is 3.51. The number of hydrogen-bond donors (Lipinski definition) is 0. The minimum atomic E-state index is -0.381. The maximum atomic E-state index is 12.9. The average Bonchev–Trinajstić information content (AvgIpc) is 2.92. The van der Waals surface area contributed by atoms with Gasteiger partial charge in [-0.3, -0.25) is 14.5 Å². The summed E-state index contributed by atoms with van der Waals surface area (Å²) in [5.41, 5.74) is 1.95. The van der Waals surface area contributed by atoms with Crippen LogP contribution in [0.5, 0.6) is 0 Å². The van der Waals surface area contributed by atoms with Crippen LogP contribution in [0.4, 0.5) is 5.69 Å². The molecule has 2 aliphatic rings. The van der Waals surface area contributed by atoms with E-state index in [4.69, 9.17) is 0 Å². The highest BCUT2D eigenvalue weighted by Gasteiger charge is 2.49. The van der Waals surface area contributed by atoms with Gasteiger partial charge in [-0.1, -0.05) is 26.0 Å². The summed E-state index contributed by atoms with van der Waals surface area (Å²) < 4.78 is 0. The van der Waals surface area contributed by atoms with Gasteiger partial charge in [-0.05, 0) is 43.4 Å². The lowest BCUT2D eigenvalue weighted by molar-refractivity contribution is -0.145. The summed E-state index contributed by atoms with van der Waals surface area (Å²) in [4.78, 5) is 29.2. The molecule has 0 aliphatic carbocycles. The Morgan fingerprint density at radius 1 is 1.19 bits per heavy atom. The van der Waals surface area contributed by atoms with Crippen LogP contribution in [0.25, 0.3) is 0 Å². The highest BCUT2D eigenvalue weighted by atomic mass is 16.2. The van der Waals surface area contributed by atoms with E-state index in [1.165, 1.54) is 0 Å². The molecule has 2 fully saturated rings. The minimum Gasteiger partial charge on any atom is -0.329 e. The molecule has 1 aromatic rings. The first-order valence-corrected chi connectivity index (χ1v) is 7.71. The van der Waals surface area contributed by atoms with E-state index < -0.39 is 0 Å². The normalized spacial score (nSPS) is 25.7. The van der Waals surface area contributed by atoms with Crippen molar-refractivity contribution in [2.75, 3.05) is 11.4 Å². The van der Waals surface area contributed by atoms with Gasteiger partial charge < -0.3 is 4.90 Å². The number of anilines is 1. The van der Waals surface area contributed by atoms with E-state index in [0.717, 1.165) is 30.6 Å². The topological polar surface area (TPSA) is 40.6 Å². The summed E-state index contributed by atoms with van der Waals surface area (Å²) >= 11 is 0. The molecule has 0 radical (unpaired) electrons. The van der Waals surface area contributed by atoms with Crippen molar-refractivity contribution >= 4 is 17.5 Å². The Morgan fingerprint density at radius 2 is 1.95 bits per heavy atom. The molecule has 0 saturated carbocycles. The van der Waals surface area contributed by atoms with E-state index in [1.807, 2.05) is 45.0 Å². The van der Waals surface area contributed by atoms with Crippen LogP contribution < -0.4 is 4.90 Å². The second-order valence-electron chi connectivity index (χ2n) is 6.43. The highest BCUT2D eigenvalue weighted by Crippen LogP contribution is 2.33. The second-order valence-corrected chi connectivity index (χ2v) is 6.43. The third-order valence-electron chi connectivity index (χ3n) is 4.50. The summed E-state index contributed by atoms with van der Waals surface area (Å²) in [7, 11) is 0. The lowest BCUT2D eigenvalue weighted by atomic mass is 9.95. The molecule has 0 aromatic heterocycles. The number of carbonyl (C=O) groups is 2. The lowest BCUT2D eigenvalue weighted by Gasteiger charge is -2.44. The Hall–Kier alpha value is -1.84. The molecule has 2 unspecified atom stereocenters. The number of aryl methyl sites for hydroxylation is 1.